The molecule has 0 spiro atoms. The van der Waals surface area contributed by atoms with Crippen LogP contribution in [0.2, 0.25) is 0 Å². The minimum absolute atomic E-state index is 0.585. The number of rotatable bonds is 2. The molecule has 1 atom stereocenters. The number of hydrogen-bond acceptors (Lipinski definition) is 3. The molecule has 2 aliphatic heterocycles. The van der Waals surface area contributed by atoms with Crippen molar-refractivity contribution in [3.05, 3.63) is 29.8 Å². The van der Waals surface area contributed by atoms with Crippen molar-refractivity contribution in [2.24, 2.45) is 0 Å². The number of hydrogen-bond donors (Lipinski definition) is 0. The summed E-state index contributed by atoms with van der Waals surface area (Å²) in [6.45, 7) is 9.76. The lowest BCUT2D eigenvalue weighted by Gasteiger charge is -2.46. The Kier molecular flexibility index (Phi) is 3.27. The van der Waals surface area contributed by atoms with E-state index >= 15 is 0 Å². The van der Waals surface area contributed by atoms with Gasteiger partial charge in [0.1, 0.15) is 0 Å². The van der Waals surface area contributed by atoms with Crippen molar-refractivity contribution in [1.82, 2.24) is 4.90 Å². The first kappa shape index (κ1) is 12.0. The highest BCUT2D eigenvalue weighted by atomic mass is 16.5. The molecule has 98 valence electrons. The minimum atomic E-state index is 0.585. The van der Waals surface area contributed by atoms with Gasteiger partial charge in [-0.15, -0.1) is 0 Å². The molecule has 0 amide bonds. The van der Waals surface area contributed by atoms with E-state index in [-0.39, 0.29) is 0 Å². The van der Waals surface area contributed by atoms with Crippen LogP contribution in [0.3, 0.4) is 0 Å². The summed E-state index contributed by atoms with van der Waals surface area (Å²) in [7, 11) is 0. The molecule has 0 radical (unpaired) electrons. The molecule has 0 unspecified atom stereocenters. The van der Waals surface area contributed by atoms with Gasteiger partial charge in [0.2, 0.25) is 0 Å². The summed E-state index contributed by atoms with van der Waals surface area (Å²) in [5.41, 5.74) is 2.69. The molecule has 2 fully saturated rings. The Balaban J connectivity index is 1.66. The molecule has 0 aromatic heterocycles. The van der Waals surface area contributed by atoms with Crippen LogP contribution >= 0.6 is 0 Å². The van der Waals surface area contributed by atoms with Crippen molar-refractivity contribution in [3.8, 4) is 0 Å². The van der Waals surface area contributed by atoms with Crippen LogP contribution in [0.1, 0.15) is 12.5 Å². The summed E-state index contributed by atoms with van der Waals surface area (Å²) < 4.78 is 5.29. The highest BCUT2D eigenvalue weighted by Gasteiger charge is 2.31. The van der Waals surface area contributed by atoms with Crippen LogP contribution in [-0.2, 0) is 4.74 Å². The molecule has 3 heteroatoms. The first-order valence-corrected chi connectivity index (χ1v) is 6.89. The van der Waals surface area contributed by atoms with Gasteiger partial charge in [-0.2, -0.15) is 0 Å². The molecule has 18 heavy (non-hydrogen) atoms. The van der Waals surface area contributed by atoms with Crippen LogP contribution in [0, 0.1) is 6.92 Å². The van der Waals surface area contributed by atoms with Crippen LogP contribution in [0.5, 0.6) is 0 Å². The van der Waals surface area contributed by atoms with Gasteiger partial charge in [0.05, 0.1) is 19.3 Å². The standard InChI is InChI=1S/C15H22N2O/c1-12-3-5-14(6-4-12)17-8-7-16(9-13(17)2)15-10-18-11-15/h3-6,13,15H,7-11H2,1-2H3/t13-/m1/s1. The summed E-state index contributed by atoms with van der Waals surface area (Å²) in [4.78, 5) is 5.11. The monoisotopic (exact) mass is 246 g/mol. The van der Waals surface area contributed by atoms with Crippen molar-refractivity contribution in [2.75, 3.05) is 37.7 Å². The van der Waals surface area contributed by atoms with Crippen LogP contribution in [0.4, 0.5) is 5.69 Å². The second-order valence-electron chi connectivity index (χ2n) is 5.56. The normalized spacial score (nSPS) is 26.1. The Bertz CT molecular complexity index is 399. The Hall–Kier alpha value is -1.06. The molecule has 0 N–H and O–H groups in total. The maximum Gasteiger partial charge on any atom is 0.0645 e. The fraction of sp³-hybridized carbons (Fsp3) is 0.600. The molecule has 2 aliphatic rings. The highest BCUT2D eigenvalue weighted by molar-refractivity contribution is 5.49. The predicted octanol–water partition coefficient (Wildman–Crippen LogP) is 1.90. The van der Waals surface area contributed by atoms with Crippen LogP contribution in [-0.4, -0.2) is 49.8 Å². The molecule has 0 bridgehead atoms. The van der Waals surface area contributed by atoms with Crippen LogP contribution in [0.25, 0.3) is 0 Å². The summed E-state index contributed by atoms with van der Waals surface area (Å²) in [6.07, 6.45) is 0. The van der Waals surface area contributed by atoms with Gasteiger partial charge in [0.15, 0.2) is 0 Å². The summed E-state index contributed by atoms with van der Waals surface area (Å²) in [6, 6.07) is 10.2. The highest BCUT2D eigenvalue weighted by Crippen LogP contribution is 2.23. The molecule has 1 aromatic rings. The fourth-order valence-electron chi connectivity index (χ4n) is 2.87. The SMILES string of the molecule is Cc1ccc(N2CCN(C3COC3)C[C@H]2C)cc1. The Labute approximate surface area is 109 Å². The third-order valence-electron chi connectivity index (χ3n) is 4.16. The zero-order chi connectivity index (χ0) is 12.5. The fourth-order valence-corrected chi connectivity index (χ4v) is 2.87. The van der Waals surface area contributed by atoms with E-state index in [9.17, 15) is 0 Å². The Morgan fingerprint density at radius 2 is 1.83 bits per heavy atom. The van der Waals surface area contributed by atoms with Gasteiger partial charge in [-0.25, -0.2) is 0 Å². The average molecular weight is 246 g/mol. The van der Waals surface area contributed by atoms with E-state index in [2.05, 4.69) is 47.9 Å². The van der Waals surface area contributed by atoms with E-state index in [0.29, 0.717) is 12.1 Å². The van der Waals surface area contributed by atoms with Crippen LogP contribution < -0.4 is 4.90 Å². The summed E-state index contributed by atoms with van der Waals surface area (Å²) in [5, 5.41) is 0. The molecule has 2 heterocycles. The summed E-state index contributed by atoms with van der Waals surface area (Å²) in [5.74, 6) is 0. The zero-order valence-electron chi connectivity index (χ0n) is 11.3. The number of ether oxygens (including phenoxy) is 1. The van der Waals surface area contributed by atoms with Crippen LogP contribution in [0.15, 0.2) is 24.3 Å². The number of benzene rings is 1. The van der Waals surface area contributed by atoms with E-state index in [1.165, 1.54) is 11.3 Å². The second-order valence-corrected chi connectivity index (χ2v) is 5.56. The Morgan fingerprint density at radius 1 is 1.11 bits per heavy atom. The topological polar surface area (TPSA) is 15.7 Å². The van der Waals surface area contributed by atoms with E-state index in [0.717, 1.165) is 32.8 Å². The second kappa shape index (κ2) is 4.90. The van der Waals surface area contributed by atoms with Gasteiger partial charge in [-0.05, 0) is 26.0 Å². The first-order chi connectivity index (χ1) is 8.74. The molecular formula is C15H22N2O. The van der Waals surface area contributed by atoms with Crippen molar-refractivity contribution in [2.45, 2.75) is 25.9 Å². The third-order valence-corrected chi connectivity index (χ3v) is 4.16. The number of piperazine rings is 1. The maximum atomic E-state index is 5.29. The molecule has 2 saturated heterocycles. The van der Waals surface area contributed by atoms with Gasteiger partial charge in [0, 0.05) is 31.4 Å². The number of anilines is 1. The molecule has 3 nitrogen and oxygen atoms in total. The number of aryl methyl sites for hydroxylation is 1. The average Bonchev–Trinajstić information content (AvgIpc) is 2.29. The third kappa shape index (κ3) is 2.25. The van der Waals surface area contributed by atoms with Gasteiger partial charge in [-0.3, -0.25) is 4.90 Å². The Morgan fingerprint density at radius 3 is 2.39 bits per heavy atom. The van der Waals surface area contributed by atoms with E-state index in [4.69, 9.17) is 4.74 Å². The lowest BCUT2D eigenvalue weighted by atomic mass is 10.1. The van der Waals surface area contributed by atoms with Gasteiger partial charge < -0.3 is 9.64 Å². The molecule has 0 aliphatic carbocycles. The summed E-state index contributed by atoms with van der Waals surface area (Å²) >= 11 is 0. The van der Waals surface area contributed by atoms with E-state index in [1.807, 2.05) is 0 Å². The minimum Gasteiger partial charge on any atom is -0.378 e. The zero-order valence-corrected chi connectivity index (χ0v) is 11.3. The quantitative estimate of drug-likeness (QED) is 0.793. The van der Waals surface area contributed by atoms with Gasteiger partial charge in [-0.1, -0.05) is 17.7 Å². The lowest BCUT2D eigenvalue weighted by molar-refractivity contribution is -0.0691. The maximum absolute atomic E-state index is 5.29. The molecular weight excluding hydrogens is 224 g/mol. The smallest absolute Gasteiger partial charge is 0.0645 e. The largest absolute Gasteiger partial charge is 0.378 e. The molecule has 0 saturated carbocycles. The van der Waals surface area contributed by atoms with Gasteiger partial charge >= 0.3 is 0 Å². The lowest BCUT2D eigenvalue weighted by Crippen LogP contribution is -2.59. The van der Waals surface area contributed by atoms with Crippen molar-refractivity contribution in [3.63, 3.8) is 0 Å². The molecule has 3 rings (SSSR count). The predicted molar refractivity (Wildman–Crippen MR) is 74.2 cm³/mol. The number of nitrogens with zero attached hydrogens (tertiary/aromatic N) is 2. The van der Waals surface area contributed by atoms with E-state index < -0.39 is 0 Å². The van der Waals surface area contributed by atoms with Crippen molar-refractivity contribution >= 4 is 5.69 Å². The molecule has 1 aromatic carbocycles. The van der Waals surface area contributed by atoms with Crippen molar-refractivity contribution in [1.29, 1.82) is 0 Å². The van der Waals surface area contributed by atoms with Crippen molar-refractivity contribution < 1.29 is 4.74 Å². The first-order valence-electron chi connectivity index (χ1n) is 6.89. The van der Waals surface area contributed by atoms with Gasteiger partial charge in [0.25, 0.3) is 0 Å². The van der Waals surface area contributed by atoms with E-state index in [1.54, 1.807) is 0 Å².